The summed E-state index contributed by atoms with van der Waals surface area (Å²) in [5, 5.41) is 0. The van der Waals surface area contributed by atoms with E-state index in [0.717, 1.165) is 42.5 Å². The number of fused-ring (bicyclic) bond motifs is 1. The molecule has 1 N–H and O–H groups in total. The average molecular weight is 521 g/mol. The van der Waals surface area contributed by atoms with E-state index in [1.165, 1.54) is 4.90 Å². The van der Waals surface area contributed by atoms with Gasteiger partial charge >= 0.3 is 12.4 Å². The molecule has 0 bridgehead atoms. The number of carbonyl (C=O) groups is 1. The molecule has 190 valence electrons. The standard InChI is InChI=1S/C22H21F6N3O3S/c23-21(24,25)15-6-4-14(5-7-15)20(32)31-9-8-30-12-17(11-18(30)13-31)29-35(33,34)19-3-1-2-16(10-19)22(26,27)28/h1-7,10,17-18,29H,8-9,11-13H2. The Morgan fingerprint density at radius 1 is 0.886 bits per heavy atom. The largest absolute Gasteiger partial charge is 0.416 e. The number of rotatable bonds is 4. The van der Waals surface area contributed by atoms with E-state index in [2.05, 4.69) is 4.72 Å². The number of halogens is 6. The lowest BCUT2D eigenvalue weighted by Gasteiger charge is -2.37. The van der Waals surface area contributed by atoms with E-state index in [9.17, 15) is 39.6 Å². The quantitative estimate of drug-likeness (QED) is 0.625. The van der Waals surface area contributed by atoms with E-state index in [-0.39, 0.29) is 18.2 Å². The van der Waals surface area contributed by atoms with Crippen LogP contribution in [-0.4, -0.2) is 62.4 Å². The van der Waals surface area contributed by atoms with Gasteiger partial charge in [-0.05, 0) is 48.9 Å². The second-order valence-corrected chi connectivity index (χ2v) is 10.3. The number of benzene rings is 2. The minimum absolute atomic E-state index is 0.117. The van der Waals surface area contributed by atoms with Crippen LogP contribution in [-0.2, 0) is 22.4 Å². The van der Waals surface area contributed by atoms with Gasteiger partial charge in [-0.3, -0.25) is 9.69 Å². The van der Waals surface area contributed by atoms with Crippen molar-refractivity contribution < 1.29 is 39.6 Å². The maximum Gasteiger partial charge on any atom is 0.416 e. The fourth-order valence-corrected chi connectivity index (χ4v) is 5.71. The highest BCUT2D eigenvalue weighted by Crippen LogP contribution is 2.32. The third-order valence-electron chi connectivity index (χ3n) is 6.16. The number of nitrogens with one attached hydrogen (secondary N) is 1. The molecule has 4 rings (SSSR count). The lowest BCUT2D eigenvalue weighted by molar-refractivity contribution is -0.138. The van der Waals surface area contributed by atoms with Crippen molar-refractivity contribution in [2.24, 2.45) is 0 Å². The zero-order valence-electron chi connectivity index (χ0n) is 18.1. The van der Waals surface area contributed by atoms with Gasteiger partial charge in [0.05, 0.1) is 16.0 Å². The molecule has 1 amide bonds. The number of hydrogen-bond donors (Lipinski definition) is 1. The number of carbonyl (C=O) groups excluding carboxylic acids is 1. The summed E-state index contributed by atoms with van der Waals surface area (Å²) in [5.41, 5.74) is -1.81. The Bertz CT molecular complexity index is 1200. The van der Waals surface area contributed by atoms with Gasteiger partial charge in [0.15, 0.2) is 0 Å². The topological polar surface area (TPSA) is 69.7 Å². The predicted molar refractivity (Wildman–Crippen MR) is 113 cm³/mol. The van der Waals surface area contributed by atoms with Gasteiger partial charge in [-0.25, -0.2) is 13.1 Å². The number of nitrogens with zero attached hydrogens (tertiary/aromatic N) is 2. The maximum atomic E-state index is 13.0. The lowest BCUT2D eigenvalue weighted by Crippen LogP contribution is -2.52. The van der Waals surface area contributed by atoms with Gasteiger partial charge < -0.3 is 4.90 Å². The Labute approximate surface area is 197 Å². The maximum absolute atomic E-state index is 13.0. The van der Waals surface area contributed by atoms with Crippen molar-refractivity contribution in [2.75, 3.05) is 26.2 Å². The van der Waals surface area contributed by atoms with Gasteiger partial charge in [0.1, 0.15) is 0 Å². The molecule has 2 heterocycles. The summed E-state index contributed by atoms with van der Waals surface area (Å²) < 4.78 is 105. The van der Waals surface area contributed by atoms with E-state index >= 15 is 0 Å². The van der Waals surface area contributed by atoms with Crippen LogP contribution in [0.1, 0.15) is 27.9 Å². The molecule has 0 aliphatic carbocycles. The first-order valence-electron chi connectivity index (χ1n) is 10.6. The van der Waals surface area contributed by atoms with Crippen molar-refractivity contribution in [3.8, 4) is 0 Å². The number of amides is 1. The van der Waals surface area contributed by atoms with Gasteiger partial charge in [0.2, 0.25) is 10.0 Å². The van der Waals surface area contributed by atoms with Gasteiger partial charge in [-0.2, -0.15) is 26.3 Å². The first kappa shape index (κ1) is 25.5. The number of hydrogen-bond acceptors (Lipinski definition) is 4. The van der Waals surface area contributed by atoms with Gasteiger partial charge in [0, 0.05) is 43.8 Å². The van der Waals surface area contributed by atoms with Crippen molar-refractivity contribution in [1.29, 1.82) is 0 Å². The van der Waals surface area contributed by atoms with Crippen molar-refractivity contribution >= 4 is 15.9 Å². The monoisotopic (exact) mass is 521 g/mol. The first-order valence-corrected chi connectivity index (χ1v) is 12.1. The molecule has 0 spiro atoms. The predicted octanol–water partition coefficient (Wildman–Crippen LogP) is 3.60. The highest BCUT2D eigenvalue weighted by molar-refractivity contribution is 7.89. The van der Waals surface area contributed by atoms with Gasteiger partial charge in [0.25, 0.3) is 5.91 Å². The average Bonchev–Trinajstić information content (AvgIpc) is 3.18. The van der Waals surface area contributed by atoms with E-state index in [1.807, 2.05) is 4.90 Å². The highest BCUT2D eigenvalue weighted by atomic mass is 32.2. The summed E-state index contributed by atoms with van der Waals surface area (Å²) in [7, 11) is -4.21. The molecular weight excluding hydrogens is 500 g/mol. The molecule has 2 fully saturated rings. The van der Waals surface area contributed by atoms with Crippen LogP contribution in [0.5, 0.6) is 0 Å². The number of piperazine rings is 1. The Morgan fingerprint density at radius 3 is 2.17 bits per heavy atom. The van der Waals surface area contributed by atoms with E-state index in [4.69, 9.17) is 0 Å². The Balaban J connectivity index is 1.40. The molecule has 0 saturated carbocycles. The molecule has 6 nitrogen and oxygen atoms in total. The van der Waals surface area contributed by atoms with Crippen LogP contribution in [0.4, 0.5) is 26.3 Å². The number of alkyl halides is 6. The van der Waals surface area contributed by atoms with Crippen LogP contribution in [0.3, 0.4) is 0 Å². The van der Waals surface area contributed by atoms with Crippen LogP contribution >= 0.6 is 0 Å². The van der Waals surface area contributed by atoms with Crippen molar-refractivity contribution in [3.63, 3.8) is 0 Å². The summed E-state index contributed by atoms with van der Waals surface area (Å²) in [6.07, 6.45) is -8.86. The lowest BCUT2D eigenvalue weighted by atomic mass is 10.1. The summed E-state index contributed by atoms with van der Waals surface area (Å²) in [5.74, 6) is -0.425. The number of sulfonamides is 1. The van der Waals surface area contributed by atoms with Crippen LogP contribution < -0.4 is 4.72 Å². The molecule has 0 radical (unpaired) electrons. The van der Waals surface area contributed by atoms with E-state index < -0.39 is 50.3 Å². The molecule has 2 aromatic rings. The highest BCUT2D eigenvalue weighted by Gasteiger charge is 2.40. The molecule has 2 aliphatic heterocycles. The fourth-order valence-electron chi connectivity index (χ4n) is 4.42. The molecule has 2 aromatic carbocycles. The Hall–Kier alpha value is -2.64. The van der Waals surface area contributed by atoms with Crippen molar-refractivity contribution in [2.45, 2.75) is 35.8 Å². The minimum atomic E-state index is -4.68. The molecule has 0 aromatic heterocycles. The Kier molecular flexibility index (Phi) is 6.62. The van der Waals surface area contributed by atoms with Crippen molar-refractivity contribution in [1.82, 2.24) is 14.5 Å². The second-order valence-electron chi connectivity index (χ2n) is 8.55. The molecule has 13 heteroatoms. The van der Waals surface area contributed by atoms with Crippen LogP contribution in [0.2, 0.25) is 0 Å². The van der Waals surface area contributed by atoms with Crippen LogP contribution in [0.25, 0.3) is 0 Å². The first-order chi connectivity index (χ1) is 16.2. The third kappa shape index (κ3) is 5.62. The van der Waals surface area contributed by atoms with Gasteiger partial charge in [-0.15, -0.1) is 0 Å². The second kappa shape index (κ2) is 9.10. The Morgan fingerprint density at radius 2 is 1.54 bits per heavy atom. The SMILES string of the molecule is O=C(c1ccc(C(F)(F)F)cc1)N1CCN2CC(NS(=O)(=O)c3cccc(C(F)(F)F)c3)CC2C1. The van der Waals surface area contributed by atoms with Crippen LogP contribution in [0.15, 0.2) is 53.4 Å². The molecule has 2 aliphatic rings. The van der Waals surface area contributed by atoms with Crippen molar-refractivity contribution in [3.05, 3.63) is 65.2 Å². The normalized spacial score (nSPS) is 21.7. The minimum Gasteiger partial charge on any atom is -0.336 e. The molecule has 2 unspecified atom stereocenters. The molecular formula is C22H21F6N3O3S. The summed E-state index contributed by atoms with van der Waals surface area (Å²) in [6, 6.07) is 6.65. The molecule has 2 atom stereocenters. The summed E-state index contributed by atoms with van der Waals surface area (Å²) in [4.78, 5) is 15.8. The van der Waals surface area contributed by atoms with Crippen LogP contribution in [0, 0.1) is 0 Å². The molecule has 35 heavy (non-hydrogen) atoms. The summed E-state index contributed by atoms with van der Waals surface area (Å²) in [6.45, 7) is 1.31. The zero-order valence-corrected chi connectivity index (χ0v) is 18.9. The summed E-state index contributed by atoms with van der Waals surface area (Å²) >= 11 is 0. The third-order valence-corrected chi connectivity index (χ3v) is 7.67. The zero-order chi connectivity index (χ0) is 25.6. The molecule has 2 saturated heterocycles. The van der Waals surface area contributed by atoms with E-state index in [1.54, 1.807) is 0 Å². The smallest absolute Gasteiger partial charge is 0.336 e. The fraction of sp³-hybridized carbons (Fsp3) is 0.409. The van der Waals surface area contributed by atoms with E-state index in [0.29, 0.717) is 32.1 Å². The van der Waals surface area contributed by atoms with Gasteiger partial charge in [-0.1, -0.05) is 6.07 Å².